The van der Waals surface area contributed by atoms with Crippen LogP contribution in [0, 0.1) is 18.6 Å². The Kier molecular flexibility index (Phi) is 4.80. The Morgan fingerprint density at radius 3 is 2.76 bits per heavy atom. The van der Waals surface area contributed by atoms with E-state index < -0.39 is 17.5 Å². The first kappa shape index (κ1) is 15.3. The number of carbonyl (C=O) groups is 1. The fourth-order valence-electron chi connectivity index (χ4n) is 1.58. The summed E-state index contributed by atoms with van der Waals surface area (Å²) in [6.45, 7) is 1.90. The Hall–Kier alpha value is -2.08. The van der Waals surface area contributed by atoms with Gasteiger partial charge in [-0.15, -0.1) is 0 Å². The van der Waals surface area contributed by atoms with Crippen LogP contribution in [0.2, 0.25) is 0 Å². The minimum atomic E-state index is -1.01. The molecule has 0 aliphatic heterocycles. The van der Waals surface area contributed by atoms with Crippen LogP contribution in [-0.2, 0) is 0 Å². The molecular weight excluding hydrogens is 342 g/mol. The molecule has 0 bridgehead atoms. The van der Waals surface area contributed by atoms with E-state index in [9.17, 15) is 13.6 Å². The zero-order valence-corrected chi connectivity index (χ0v) is 12.6. The highest BCUT2D eigenvalue weighted by atomic mass is 79.9. The third-order valence-electron chi connectivity index (χ3n) is 2.79. The van der Waals surface area contributed by atoms with E-state index in [-0.39, 0.29) is 5.56 Å². The molecule has 0 spiro atoms. The molecule has 0 aliphatic rings. The van der Waals surface area contributed by atoms with Gasteiger partial charge in [0.1, 0.15) is 0 Å². The van der Waals surface area contributed by atoms with E-state index in [4.69, 9.17) is 0 Å². The summed E-state index contributed by atoms with van der Waals surface area (Å²) < 4.78 is 27.1. The SMILES string of the molecule is Cc1ccc(C(=O)NN=Cc2cccc(F)c2F)cc1Br. The molecule has 6 heteroatoms. The molecule has 1 N–H and O–H groups in total. The predicted molar refractivity (Wildman–Crippen MR) is 80.3 cm³/mol. The highest BCUT2D eigenvalue weighted by molar-refractivity contribution is 9.10. The second-order valence-electron chi connectivity index (χ2n) is 4.31. The lowest BCUT2D eigenvalue weighted by molar-refractivity contribution is 0.0955. The lowest BCUT2D eigenvalue weighted by Gasteiger charge is -2.03. The molecule has 0 unspecified atom stereocenters. The van der Waals surface area contributed by atoms with Crippen LogP contribution >= 0.6 is 15.9 Å². The number of hydrogen-bond donors (Lipinski definition) is 1. The molecule has 0 fully saturated rings. The monoisotopic (exact) mass is 352 g/mol. The van der Waals surface area contributed by atoms with E-state index in [1.807, 2.05) is 6.92 Å². The Balaban J connectivity index is 2.08. The highest BCUT2D eigenvalue weighted by Crippen LogP contribution is 2.17. The van der Waals surface area contributed by atoms with Crippen LogP contribution in [0.1, 0.15) is 21.5 Å². The van der Waals surface area contributed by atoms with Crippen molar-refractivity contribution in [1.29, 1.82) is 0 Å². The number of halogens is 3. The molecule has 0 radical (unpaired) electrons. The average Bonchev–Trinajstić information content (AvgIpc) is 2.46. The van der Waals surface area contributed by atoms with E-state index in [0.29, 0.717) is 5.56 Å². The van der Waals surface area contributed by atoms with Gasteiger partial charge in [0.25, 0.3) is 5.91 Å². The van der Waals surface area contributed by atoms with Gasteiger partial charge in [-0.3, -0.25) is 4.79 Å². The largest absolute Gasteiger partial charge is 0.271 e. The van der Waals surface area contributed by atoms with Crippen molar-refractivity contribution < 1.29 is 13.6 Å². The minimum Gasteiger partial charge on any atom is -0.267 e. The van der Waals surface area contributed by atoms with Gasteiger partial charge >= 0.3 is 0 Å². The molecule has 0 aromatic heterocycles. The van der Waals surface area contributed by atoms with Gasteiger partial charge in [0.05, 0.1) is 6.21 Å². The minimum absolute atomic E-state index is 0.0413. The van der Waals surface area contributed by atoms with Crippen molar-refractivity contribution in [2.75, 3.05) is 0 Å². The summed E-state index contributed by atoms with van der Waals surface area (Å²) in [6.07, 6.45) is 1.06. The molecule has 2 aromatic rings. The third-order valence-corrected chi connectivity index (χ3v) is 3.64. The maximum Gasteiger partial charge on any atom is 0.271 e. The smallest absolute Gasteiger partial charge is 0.267 e. The van der Waals surface area contributed by atoms with Crippen molar-refractivity contribution in [3.63, 3.8) is 0 Å². The molecule has 2 rings (SSSR count). The van der Waals surface area contributed by atoms with Gasteiger partial charge in [-0.1, -0.05) is 34.1 Å². The molecular formula is C15H11BrF2N2O. The number of carbonyl (C=O) groups excluding carboxylic acids is 1. The number of hydrazone groups is 1. The maximum absolute atomic E-state index is 13.4. The van der Waals surface area contributed by atoms with E-state index in [2.05, 4.69) is 26.5 Å². The topological polar surface area (TPSA) is 41.5 Å². The zero-order chi connectivity index (χ0) is 15.4. The van der Waals surface area contributed by atoms with Gasteiger partial charge in [-0.2, -0.15) is 5.10 Å². The van der Waals surface area contributed by atoms with Crippen LogP contribution in [0.3, 0.4) is 0 Å². The van der Waals surface area contributed by atoms with Crippen LogP contribution in [0.5, 0.6) is 0 Å². The molecule has 108 valence electrons. The quantitative estimate of drug-likeness (QED) is 0.662. The van der Waals surface area contributed by atoms with Crippen LogP contribution in [0.4, 0.5) is 8.78 Å². The number of rotatable bonds is 3. The second-order valence-corrected chi connectivity index (χ2v) is 5.16. The Morgan fingerprint density at radius 2 is 2.05 bits per heavy atom. The van der Waals surface area contributed by atoms with Gasteiger partial charge in [-0.05, 0) is 30.7 Å². The van der Waals surface area contributed by atoms with E-state index in [0.717, 1.165) is 22.3 Å². The fourth-order valence-corrected chi connectivity index (χ4v) is 1.96. The Labute approximate surface area is 128 Å². The lowest BCUT2D eigenvalue weighted by Crippen LogP contribution is -2.17. The third kappa shape index (κ3) is 3.72. The van der Waals surface area contributed by atoms with Gasteiger partial charge < -0.3 is 0 Å². The molecule has 3 nitrogen and oxygen atoms in total. The fraction of sp³-hybridized carbons (Fsp3) is 0.0667. The van der Waals surface area contributed by atoms with E-state index in [1.54, 1.807) is 18.2 Å². The molecule has 2 aromatic carbocycles. The first-order valence-corrected chi connectivity index (χ1v) is 6.82. The highest BCUT2D eigenvalue weighted by Gasteiger charge is 2.07. The van der Waals surface area contributed by atoms with Crippen LogP contribution in [0.25, 0.3) is 0 Å². The first-order chi connectivity index (χ1) is 9.99. The van der Waals surface area contributed by atoms with Crippen LogP contribution in [0.15, 0.2) is 46.0 Å². The maximum atomic E-state index is 13.4. The molecule has 0 saturated carbocycles. The lowest BCUT2D eigenvalue weighted by atomic mass is 10.1. The summed E-state index contributed by atoms with van der Waals surface area (Å²) >= 11 is 3.33. The summed E-state index contributed by atoms with van der Waals surface area (Å²) in [6, 6.07) is 8.82. The summed E-state index contributed by atoms with van der Waals surface area (Å²) in [4.78, 5) is 11.8. The number of aryl methyl sites for hydroxylation is 1. The van der Waals surface area contributed by atoms with Crippen molar-refractivity contribution in [1.82, 2.24) is 5.43 Å². The van der Waals surface area contributed by atoms with Crippen molar-refractivity contribution in [3.8, 4) is 0 Å². The predicted octanol–water partition coefficient (Wildman–Crippen LogP) is 3.80. The van der Waals surface area contributed by atoms with E-state index >= 15 is 0 Å². The average molecular weight is 353 g/mol. The van der Waals surface area contributed by atoms with Gasteiger partial charge in [0.15, 0.2) is 11.6 Å². The van der Waals surface area contributed by atoms with E-state index in [1.165, 1.54) is 12.1 Å². The summed E-state index contributed by atoms with van der Waals surface area (Å²) in [7, 11) is 0. The van der Waals surface area contributed by atoms with Gasteiger partial charge in [-0.25, -0.2) is 14.2 Å². The van der Waals surface area contributed by atoms with Crippen molar-refractivity contribution >= 4 is 28.1 Å². The number of hydrogen-bond acceptors (Lipinski definition) is 2. The van der Waals surface area contributed by atoms with Crippen molar-refractivity contribution in [2.45, 2.75) is 6.92 Å². The summed E-state index contributed by atoms with van der Waals surface area (Å²) in [5, 5.41) is 3.63. The number of nitrogens with zero attached hydrogens (tertiary/aromatic N) is 1. The summed E-state index contributed by atoms with van der Waals surface area (Å²) in [5.41, 5.74) is 3.62. The Bertz CT molecular complexity index is 717. The molecule has 0 aliphatic carbocycles. The Morgan fingerprint density at radius 1 is 1.29 bits per heavy atom. The van der Waals surface area contributed by atoms with Crippen LogP contribution in [-0.4, -0.2) is 12.1 Å². The zero-order valence-electron chi connectivity index (χ0n) is 11.0. The normalized spacial score (nSPS) is 10.9. The number of nitrogens with one attached hydrogen (secondary N) is 1. The summed E-state index contributed by atoms with van der Waals surface area (Å²) in [5.74, 6) is -2.41. The van der Waals surface area contributed by atoms with Gasteiger partial charge in [0, 0.05) is 15.6 Å². The number of benzene rings is 2. The molecule has 0 heterocycles. The molecule has 0 saturated heterocycles. The molecule has 1 amide bonds. The van der Waals surface area contributed by atoms with Gasteiger partial charge in [0.2, 0.25) is 0 Å². The van der Waals surface area contributed by atoms with Crippen LogP contribution < -0.4 is 5.43 Å². The molecule has 0 atom stereocenters. The van der Waals surface area contributed by atoms with Crippen molar-refractivity contribution in [3.05, 3.63) is 69.2 Å². The molecule has 21 heavy (non-hydrogen) atoms. The van der Waals surface area contributed by atoms with Crippen molar-refractivity contribution in [2.24, 2.45) is 5.10 Å². The first-order valence-electron chi connectivity index (χ1n) is 6.02. The number of amides is 1. The standard InChI is InChI=1S/C15H11BrF2N2O/c1-9-5-6-10(7-12(9)16)15(21)20-19-8-11-3-2-4-13(17)14(11)18/h2-8H,1H3,(H,20,21). The second kappa shape index (κ2) is 6.58.